The summed E-state index contributed by atoms with van der Waals surface area (Å²) in [5, 5.41) is 9.62. The van der Waals surface area contributed by atoms with Crippen LogP contribution in [-0.4, -0.2) is 14.5 Å². The number of aromatic nitrogens is 3. The number of hydrogen-bond donors (Lipinski definition) is 0. The van der Waals surface area contributed by atoms with Crippen LogP contribution < -0.4 is 0 Å². The van der Waals surface area contributed by atoms with Crippen molar-refractivity contribution >= 4 is 34.4 Å². The van der Waals surface area contributed by atoms with Crippen LogP contribution in [0.2, 0.25) is 5.02 Å². The van der Waals surface area contributed by atoms with Crippen molar-refractivity contribution in [2.75, 3.05) is 0 Å². The second-order valence-corrected chi connectivity index (χ2v) is 5.31. The molecule has 104 valence electrons. The van der Waals surface area contributed by atoms with E-state index in [1.165, 1.54) is 0 Å². The highest BCUT2D eigenvalue weighted by Gasteiger charge is 2.15. The van der Waals surface area contributed by atoms with Crippen molar-refractivity contribution in [3.8, 4) is 11.8 Å². The molecule has 6 heteroatoms. The molecular weight excluding hydrogens is 307 g/mol. The standard InChI is InChI=1S/C15H10Cl2N4/c1-9-2-3-10(7-18)4-13(9)21-14(6-16)20-12-5-11(17)8-19-15(12)21/h2-5,8H,6H2,1H3. The smallest absolute Gasteiger partial charge is 0.164 e. The number of pyridine rings is 1. The molecule has 0 N–H and O–H groups in total. The van der Waals surface area contributed by atoms with Crippen molar-refractivity contribution in [3.05, 3.63) is 52.4 Å². The maximum Gasteiger partial charge on any atom is 0.164 e. The van der Waals surface area contributed by atoms with Gasteiger partial charge in [0.05, 0.1) is 28.2 Å². The lowest BCUT2D eigenvalue weighted by Crippen LogP contribution is -2.03. The second kappa shape index (κ2) is 5.36. The van der Waals surface area contributed by atoms with Crippen LogP contribution in [0.15, 0.2) is 30.5 Å². The Bertz CT molecular complexity index is 877. The molecule has 0 atom stereocenters. The first kappa shape index (κ1) is 13.9. The molecule has 2 aromatic heterocycles. The molecule has 21 heavy (non-hydrogen) atoms. The maximum atomic E-state index is 9.09. The van der Waals surface area contributed by atoms with Gasteiger partial charge in [-0.1, -0.05) is 17.7 Å². The van der Waals surface area contributed by atoms with E-state index in [0.29, 0.717) is 27.6 Å². The lowest BCUT2D eigenvalue weighted by atomic mass is 10.1. The Kier molecular flexibility index (Phi) is 3.54. The topological polar surface area (TPSA) is 54.5 Å². The minimum atomic E-state index is 0.240. The highest BCUT2D eigenvalue weighted by Crippen LogP contribution is 2.25. The van der Waals surface area contributed by atoms with Crippen molar-refractivity contribution in [1.82, 2.24) is 14.5 Å². The average Bonchev–Trinajstić information content (AvgIpc) is 2.85. The number of nitriles is 1. The molecule has 3 aromatic rings. The summed E-state index contributed by atoms with van der Waals surface area (Å²) in [5.74, 6) is 0.907. The van der Waals surface area contributed by atoms with Gasteiger partial charge in [0.2, 0.25) is 0 Å². The van der Waals surface area contributed by atoms with E-state index < -0.39 is 0 Å². The fourth-order valence-electron chi connectivity index (χ4n) is 2.25. The van der Waals surface area contributed by atoms with Crippen LogP contribution in [0.25, 0.3) is 16.9 Å². The second-order valence-electron chi connectivity index (χ2n) is 4.61. The van der Waals surface area contributed by atoms with Crippen LogP contribution >= 0.6 is 23.2 Å². The monoisotopic (exact) mass is 316 g/mol. The van der Waals surface area contributed by atoms with Crippen molar-refractivity contribution in [1.29, 1.82) is 5.26 Å². The number of imidazole rings is 1. The van der Waals surface area contributed by atoms with Crippen LogP contribution in [0.4, 0.5) is 0 Å². The summed E-state index contributed by atoms with van der Waals surface area (Å²) in [6.45, 7) is 1.97. The third kappa shape index (κ3) is 2.35. The van der Waals surface area contributed by atoms with Gasteiger partial charge in [-0.05, 0) is 30.7 Å². The molecule has 0 aliphatic heterocycles. The zero-order valence-corrected chi connectivity index (χ0v) is 12.7. The van der Waals surface area contributed by atoms with Crippen molar-refractivity contribution in [2.45, 2.75) is 12.8 Å². The Hall–Kier alpha value is -2.09. The van der Waals surface area contributed by atoms with Gasteiger partial charge in [0.1, 0.15) is 11.3 Å². The first-order valence-corrected chi connectivity index (χ1v) is 7.15. The van der Waals surface area contributed by atoms with Crippen LogP contribution in [0.1, 0.15) is 17.0 Å². The number of hydrogen-bond acceptors (Lipinski definition) is 3. The van der Waals surface area contributed by atoms with E-state index in [9.17, 15) is 0 Å². The third-order valence-corrected chi connectivity index (χ3v) is 3.68. The fourth-order valence-corrected chi connectivity index (χ4v) is 2.58. The predicted molar refractivity (Wildman–Crippen MR) is 82.9 cm³/mol. The van der Waals surface area contributed by atoms with Crippen molar-refractivity contribution in [2.24, 2.45) is 0 Å². The fraction of sp³-hybridized carbons (Fsp3) is 0.133. The number of rotatable bonds is 2. The Morgan fingerprint density at radius 2 is 2.14 bits per heavy atom. The number of aryl methyl sites for hydroxylation is 1. The van der Waals surface area contributed by atoms with Crippen molar-refractivity contribution in [3.63, 3.8) is 0 Å². The number of benzene rings is 1. The third-order valence-electron chi connectivity index (χ3n) is 3.23. The quantitative estimate of drug-likeness (QED) is 0.672. The average molecular weight is 317 g/mol. The maximum absolute atomic E-state index is 9.09. The molecule has 0 amide bonds. The first-order chi connectivity index (χ1) is 10.1. The molecule has 0 spiro atoms. The highest BCUT2D eigenvalue weighted by molar-refractivity contribution is 6.31. The Morgan fingerprint density at radius 3 is 2.86 bits per heavy atom. The van der Waals surface area contributed by atoms with E-state index in [1.54, 1.807) is 18.3 Å². The van der Waals surface area contributed by atoms with Gasteiger partial charge in [0.25, 0.3) is 0 Å². The van der Waals surface area contributed by atoms with Gasteiger partial charge in [0, 0.05) is 6.20 Å². The Labute approximate surface area is 131 Å². The molecule has 0 fully saturated rings. The largest absolute Gasteiger partial charge is 0.279 e. The summed E-state index contributed by atoms with van der Waals surface area (Å²) < 4.78 is 1.87. The summed E-state index contributed by atoms with van der Waals surface area (Å²) in [6, 6.07) is 9.38. The molecule has 4 nitrogen and oxygen atoms in total. The zero-order chi connectivity index (χ0) is 15.0. The molecule has 1 aromatic carbocycles. The SMILES string of the molecule is Cc1ccc(C#N)cc1-n1c(CCl)nc2cc(Cl)cnc21. The molecular formula is C15H10Cl2N4. The zero-order valence-electron chi connectivity index (χ0n) is 11.1. The van der Waals surface area contributed by atoms with Crippen LogP contribution in [-0.2, 0) is 5.88 Å². The summed E-state index contributed by atoms with van der Waals surface area (Å²) in [6.07, 6.45) is 1.57. The summed E-state index contributed by atoms with van der Waals surface area (Å²) >= 11 is 12.0. The molecule has 3 rings (SSSR count). The van der Waals surface area contributed by atoms with E-state index in [2.05, 4.69) is 16.0 Å². The normalized spacial score (nSPS) is 10.8. The molecule has 0 unspecified atom stereocenters. The number of alkyl halides is 1. The van der Waals surface area contributed by atoms with Gasteiger partial charge in [-0.2, -0.15) is 5.26 Å². The minimum Gasteiger partial charge on any atom is -0.279 e. The van der Waals surface area contributed by atoms with Crippen LogP contribution in [0.5, 0.6) is 0 Å². The molecule has 0 saturated carbocycles. The van der Waals surface area contributed by atoms with Gasteiger partial charge in [-0.15, -0.1) is 11.6 Å². The van der Waals surface area contributed by atoms with Gasteiger partial charge >= 0.3 is 0 Å². The van der Waals surface area contributed by atoms with E-state index in [4.69, 9.17) is 28.5 Å². The summed E-state index contributed by atoms with van der Waals surface area (Å²) in [4.78, 5) is 8.82. The number of halogens is 2. The lowest BCUT2D eigenvalue weighted by Gasteiger charge is -2.10. The highest BCUT2D eigenvalue weighted by atomic mass is 35.5. The number of nitrogens with zero attached hydrogens (tertiary/aromatic N) is 4. The first-order valence-electron chi connectivity index (χ1n) is 6.24. The van der Waals surface area contributed by atoms with E-state index in [-0.39, 0.29) is 5.88 Å². The van der Waals surface area contributed by atoms with E-state index >= 15 is 0 Å². The predicted octanol–water partition coefficient (Wildman–Crippen LogP) is 3.99. The molecule has 0 aliphatic rings. The molecule has 2 heterocycles. The van der Waals surface area contributed by atoms with Crippen molar-refractivity contribution < 1.29 is 0 Å². The van der Waals surface area contributed by atoms with E-state index in [0.717, 1.165) is 11.3 Å². The lowest BCUT2D eigenvalue weighted by molar-refractivity contribution is 0.960. The van der Waals surface area contributed by atoms with Crippen LogP contribution in [0.3, 0.4) is 0 Å². The summed E-state index contributed by atoms with van der Waals surface area (Å²) in [7, 11) is 0. The summed E-state index contributed by atoms with van der Waals surface area (Å²) in [5.41, 5.74) is 3.79. The number of fused-ring (bicyclic) bond motifs is 1. The molecule has 0 bridgehead atoms. The minimum absolute atomic E-state index is 0.240. The molecule has 0 radical (unpaired) electrons. The van der Waals surface area contributed by atoms with Gasteiger partial charge in [-0.25, -0.2) is 9.97 Å². The van der Waals surface area contributed by atoms with Gasteiger partial charge in [-0.3, -0.25) is 4.57 Å². The Morgan fingerprint density at radius 1 is 1.33 bits per heavy atom. The van der Waals surface area contributed by atoms with Gasteiger partial charge < -0.3 is 0 Å². The van der Waals surface area contributed by atoms with E-state index in [1.807, 2.05) is 23.6 Å². The Balaban J connectivity index is 2.36. The molecule has 0 saturated heterocycles. The van der Waals surface area contributed by atoms with Gasteiger partial charge in [0.15, 0.2) is 5.65 Å². The molecule has 0 aliphatic carbocycles. The van der Waals surface area contributed by atoms with Crippen LogP contribution in [0, 0.1) is 18.3 Å².